The zero-order valence-corrected chi connectivity index (χ0v) is 12.9. The Kier molecular flexibility index (Phi) is 7.56. The van der Waals surface area contributed by atoms with Crippen LogP contribution in [0.2, 0.25) is 0 Å². The van der Waals surface area contributed by atoms with E-state index in [-0.39, 0.29) is 5.84 Å². The molecule has 6 heteroatoms. The Morgan fingerprint density at radius 1 is 1.43 bits per heavy atom. The molecule has 0 radical (unpaired) electrons. The van der Waals surface area contributed by atoms with Gasteiger partial charge in [-0.05, 0) is 23.6 Å². The molecule has 0 heterocycles. The minimum absolute atomic E-state index is 0.0361. The molecule has 0 aliphatic carbocycles. The predicted molar refractivity (Wildman–Crippen MR) is 82.9 cm³/mol. The second-order valence-electron chi connectivity index (χ2n) is 5.17. The average molecular weight is 295 g/mol. The number of methoxy groups -OCH3 is 1. The predicted octanol–water partition coefficient (Wildman–Crippen LogP) is 1.55. The number of nitrogens with two attached hydrogens (primary N) is 1. The second-order valence-corrected chi connectivity index (χ2v) is 5.17. The van der Waals surface area contributed by atoms with Crippen molar-refractivity contribution in [1.29, 1.82) is 0 Å². The molecule has 0 aliphatic rings. The van der Waals surface area contributed by atoms with Crippen LogP contribution < -0.4 is 15.8 Å². The van der Waals surface area contributed by atoms with Crippen molar-refractivity contribution in [3.8, 4) is 5.75 Å². The first-order chi connectivity index (χ1) is 10.1. The fourth-order valence-corrected chi connectivity index (χ4v) is 1.82. The summed E-state index contributed by atoms with van der Waals surface area (Å²) < 4.78 is 10.7. The monoisotopic (exact) mass is 295 g/mol. The summed E-state index contributed by atoms with van der Waals surface area (Å²) in [4.78, 5) is 0. The summed E-state index contributed by atoms with van der Waals surface area (Å²) in [5, 5.41) is 15.1. The molecule has 0 aromatic heterocycles. The molecule has 0 atom stereocenters. The van der Waals surface area contributed by atoms with E-state index >= 15 is 0 Å². The molecule has 0 bridgehead atoms. The molecular formula is C15H25N3O3. The number of hydrogen-bond acceptors (Lipinski definition) is 5. The smallest absolute Gasteiger partial charge is 0.173 e. The number of benzene rings is 1. The highest BCUT2D eigenvalue weighted by atomic mass is 16.5. The minimum atomic E-state index is 0.0361. The van der Waals surface area contributed by atoms with Gasteiger partial charge < -0.3 is 25.7 Å². The third kappa shape index (κ3) is 6.01. The van der Waals surface area contributed by atoms with Gasteiger partial charge in [0, 0.05) is 19.7 Å². The first-order valence-electron chi connectivity index (χ1n) is 7.01. The number of ether oxygens (including phenoxy) is 2. The number of amidine groups is 1. The van der Waals surface area contributed by atoms with Crippen LogP contribution in [0.1, 0.15) is 25.0 Å². The van der Waals surface area contributed by atoms with Crippen LogP contribution in [0.15, 0.2) is 23.4 Å². The van der Waals surface area contributed by atoms with Gasteiger partial charge in [-0.15, -0.1) is 0 Å². The molecule has 21 heavy (non-hydrogen) atoms. The Bertz CT molecular complexity index is 461. The van der Waals surface area contributed by atoms with Gasteiger partial charge >= 0.3 is 0 Å². The maximum absolute atomic E-state index is 8.79. The van der Waals surface area contributed by atoms with Crippen LogP contribution in [0, 0.1) is 5.92 Å². The highest BCUT2D eigenvalue weighted by Crippen LogP contribution is 2.19. The zero-order valence-electron chi connectivity index (χ0n) is 12.9. The molecule has 0 fully saturated rings. The van der Waals surface area contributed by atoms with E-state index in [4.69, 9.17) is 20.4 Å². The van der Waals surface area contributed by atoms with Crippen molar-refractivity contribution in [3.63, 3.8) is 0 Å². The van der Waals surface area contributed by atoms with Crippen LogP contribution in [0.5, 0.6) is 5.75 Å². The van der Waals surface area contributed by atoms with Crippen molar-refractivity contribution in [2.75, 3.05) is 26.9 Å². The Labute approximate surface area is 125 Å². The first-order valence-corrected chi connectivity index (χ1v) is 7.01. The largest absolute Gasteiger partial charge is 0.496 e. The fourth-order valence-electron chi connectivity index (χ4n) is 1.82. The van der Waals surface area contributed by atoms with Gasteiger partial charge in [0.1, 0.15) is 5.75 Å². The standard InChI is InChI=1S/C15H25N3O3/c1-11(2)10-21-7-6-17-9-12-4-5-14(20-3)13(8-12)15(16)18-19/h4-5,8,11,17,19H,6-7,9-10H2,1-3H3,(H2,16,18). The Hall–Kier alpha value is -1.79. The summed E-state index contributed by atoms with van der Waals surface area (Å²) in [6, 6.07) is 5.59. The molecule has 1 aromatic rings. The van der Waals surface area contributed by atoms with Gasteiger partial charge in [-0.1, -0.05) is 25.1 Å². The highest BCUT2D eigenvalue weighted by Gasteiger charge is 2.08. The molecule has 0 amide bonds. The van der Waals surface area contributed by atoms with Gasteiger partial charge in [0.15, 0.2) is 5.84 Å². The van der Waals surface area contributed by atoms with Crippen LogP contribution in [0.3, 0.4) is 0 Å². The summed E-state index contributed by atoms with van der Waals surface area (Å²) in [5.74, 6) is 1.16. The van der Waals surface area contributed by atoms with E-state index in [9.17, 15) is 0 Å². The summed E-state index contributed by atoms with van der Waals surface area (Å²) in [7, 11) is 1.55. The van der Waals surface area contributed by atoms with Crippen molar-refractivity contribution < 1.29 is 14.7 Å². The van der Waals surface area contributed by atoms with E-state index in [1.54, 1.807) is 13.2 Å². The molecule has 0 unspecified atom stereocenters. The van der Waals surface area contributed by atoms with Gasteiger partial charge in [-0.2, -0.15) is 0 Å². The van der Waals surface area contributed by atoms with Crippen LogP contribution >= 0.6 is 0 Å². The van der Waals surface area contributed by atoms with Crippen molar-refractivity contribution in [2.24, 2.45) is 16.8 Å². The highest BCUT2D eigenvalue weighted by molar-refractivity contribution is 5.99. The van der Waals surface area contributed by atoms with E-state index < -0.39 is 0 Å². The first kappa shape index (κ1) is 17.3. The molecule has 6 nitrogen and oxygen atoms in total. The van der Waals surface area contributed by atoms with Crippen LogP contribution in [-0.4, -0.2) is 37.9 Å². The van der Waals surface area contributed by atoms with Crippen LogP contribution in [0.25, 0.3) is 0 Å². The van der Waals surface area contributed by atoms with E-state index in [1.807, 2.05) is 12.1 Å². The minimum Gasteiger partial charge on any atom is -0.496 e. The molecule has 118 valence electrons. The van der Waals surface area contributed by atoms with Crippen molar-refractivity contribution in [1.82, 2.24) is 5.32 Å². The van der Waals surface area contributed by atoms with Crippen molar-refractivity contribution in [3.05, 3.63) is 29.3 Å². The zero-order chi connectivity index (χ0) is 15.7. The summed E-state index contributed by atoms with van der Waals surface area (Å²) in [6.07, 6.45) is 0. The van der Waals surface area contributed by atoms with Crippen molar-refractivity contribution >= 4 is 5.84 Å². The van der Waals surface area contributed by atoms with Gasteiger partial charge in [-0.25, -0.2) is 0 Å². The number of nitrogens with zero attached hydrogens (tertiary/aromatic N) is 1. The number of hydrogen-bond donors (Lipinski definition) is 3. The lowest BCUT2D eigenvalue weighted by atomic mass is 10.1. The molecule has 0 saturated heterocycles. The molecule has 0 spiro atoms. The molecular weight excluding hydrogens is 270 g/mol. The lowest BCUT2D eigenvalue weighted by molar-refractivity contribution is 0.111. The fraction of sp³-hybridized carbons (Fsp3) is 0.533. The molecule has 0 saturated carbocycles. The Morgan fingerprint density at radius 2 is 2.19 bits per heavy atom. The Balaban J connectivity index is 2.49. The quantitative estimate of drug-likeness (QED) is 0.211. The lowest BCUT2D eigenvalue weighted by Crippen LogP contribution is -2.21. The topological polar surface area (TPSA) is 89.1 Å². The SMILES string of the molecule is COc1ccc(CNCCOCC(C)C)cc1/C(N)=N/O. The lowest BCUT2D eigenvalue weighted by Gasteiger charge is -2.11. The molecule has 4 N–H and O–H groups in total. The normalized spacial score (nSPS) is 11.9. The van der Waals surface area contributed by atoms with Gasteiger partial charge in [0.05, 0.1) is 19.3 Å². The maximum Gasteiger partial charge on any atom is 0.173 e. The third-order valence-electron chi connectivity index (χ3n) is 2.85. The summed E-state index contributed by atoms with van der Waals surface area (Å²) in [6.45, 7) is 7.16. The number of oxime groups is 1. The van der Waals surface area contributed by atoms with E-state index in [2.05, 4.69) is 24.3 Å². The van der Waals surface area contributed by atoms with Crippen LogP contribution in [-0.2, 0) is 11.3 Å². The summed E-state index contributed by atoms with van der Waals surface area (Å²) in [5.41, 5.74) is 7.25. The Morgan fingerprint density at radius 3 is 2.81 bits per heavy atom. The number of rotatable bonds is 9. The van der Waals surface area contributed by atoms with Gasteiger partial charge in [-0.3, -0.25) is 0 Å². The molecule has 1 aromatic carbocycles. The third-order valence-corrected chi connectivity index (χ3v) is 2.85. The van der Waals surface area contributed by atoms with E-state index in [0.717, 1.165) is 18.7 Å². The van der Waals surface area contributed by atoms with Crippen molar-refractivity contribution in [2.45, 2.75) is 20.4 Å². The second kappa shape index (κ2) is 9.20. The molecule has 0 aliphatic heterocycles. The number of nitrogens with one attached hydrogen (secondary N) is 1. The average Bonchev–Trinajstić information content (AvgIpc) is 2.49. The van der Waals surface area contributed by atoms with Gasteiger partial charge in [0.2, 0.25) is 0 Å². The molecule has 1 rings (SSSR count). The van der Waals surface area contributed by atoms with E-state index in [1.165, 1.54) is 0 Å². The maximum atomic E-state index is 8.79. The summed E-state index contributed by atoms with van der Waals surface area (Å²) >= 11 is 0. The van der Waals surface area contributed by atoms with Gasteiger partial charge in [0.25, 0.3) is 0 Å². The van der Waals surface area contributed by atoms with E-state index in [0.29, 0.717) is 30.4 Å². The van der Waals surface area contributed by atoms with Crippen LogP contribution in [0.4, 0.5) is 0 Å².